The van der Waals surface area contributed by atoms with Gasteiger partial charge in [-0.25, -0.2) is 0 Å². The smallest absolute Gasteiger partial charge is 0.251 e. The molecule has 1 aromatic rings. The van der Waals surface area contributed by atoms with Gasteiger partial charge < -0.3 is 10.6 Å². The summed E-state index contributed by atoms with van der Waals surface area (Å²) in [5, 5.41) is 6.38. The molecule has 0 bridgehead atoms. The molecule has 0 unspecified atom stereocenters. The van der Waals surface area contributed by atoms with E-state index < -0.39 is 0 Å². The van der Waals surface area contributed by atoms with Gasteiger partial charge in [-0.3, -0.25) is 4.79 Å². The van der Waals surface area contributed by atoms with Crippen molar-refractivity contribution in [3.8, 4) is 0 Å². The SMILES string of the molecule is CCCCCCCCNCCCNC(=O)c1ccccc1. The van der Waals surface area contributed by atoms with Crippen molar-refractivity contribution in [2.75, 3.05) is 19.6 Å². The number of hydrogen-bond acceptors (Lipinski definition) is 2. The van der Waals surface area contributed by atoms with Crippen molar-refractivity contribution in [1.29, 1.82) is 0 Å². The lowest BCUT2D eigenvalue weighted by atomic mass is 10.1. The van der Waals surface area contributed by atoms with Gasteiger partial charge in [0.15, 0.2) is 0 Å². The second-order valence-electron chi connectivity index (χ2n) is 5.49. The lowest BCUT2D eigenvalue weighted by Gasteiger charge is -2.06. The van der Waals surface area contributed by atoms with Crippen molar-refractivity contribution in [3.63, 3.8) is 0 Å². The third kappa shape index (κ3) is 9.24. The quantitative estimate of drug-likeness (QED) is 0.576. The zero-order chi connectivity index (χ0) is 15.2. The van der Waals surface area contributed by atoms with Crippen LogP contribution in [0, 0.1) is 0 Å². The summed E-state index contributed by atoms with van der Waals surface area (Å²) >= 11 is 0. The molecule has 1 aromatic carbocycles. The molecule has 0 radical (unpaired) electrons. The minimum atomic E-state index is 0.0199. The molecule has 0 aromatic heterocycles. The van der Waals surface area contributed by atoms with Crippen molar-refractivity contribution in [1.82, 2.24) is 10.6 Å². The van der Waals surface area contributed by atoms with Crippen LogP contribution in [0.5, 0.6) is 0 Å². The van der Waals surface area contributed by atoms with E-state index >= 15 is 0 Å². The highest BCUT2D eigenvalue weighted by Gasteiger charge is 2.02. The van der Waals surface area contributed by atoms with E-state index in [1.165, 1.54) is 38.5 Å². The average molecular weight is 290 g/mol. The number of amides is 1. The second-order valence-corrected chi connectivity index (χ2v) is 5.49. The molecule has 0 aliphatic heterocycles. The van der Waals surface area contributed by atoms with E-state index in [1.807, 2.05) is 30.3 Å². The Kier molecular flexibility index (Phi) is 10.4. The van der Waals surface area contributed by atoms with Crippen LogP contribution in [0.15, 0.2) is 30.3 Å². The Morgan fingerprint density at radius 3 is 2.29 bits per heavy atom. The first kappa shape index (κ1) is 17.7. The number of unbranched alkanes of at least 4 members (excludes halogenated alkanes) is 5. The summed E-state index contributed by atoms with van der Waals surface area (Å²) in [4.78, 5) is 11.8. The Labute approximate surface area is 129 Å². The van der Waals surface area contributed by atoms with E-state index in [9.17, 15) is 4.79 Å². The van der Waals surface area contributed by atoms with Crippen LogP contribution in [0.2, 0.25) is 0 Å². The molecular formula is C18H30N2O. The zero-order valence-corrected chi connectivity index (χ0v) is 13.4. The molecule has 0 atom stereocenters. The van der Waals surface area contributed by atoms with Crippen LogP contribution in [-0.2, 0) is 0 Å². The molecule has 0 fully saturated rings. The maximum Gasteiger partial charge on any atom is 0.251 e. The van der Waals surface area contributed by atoms with Crippen molar-refractivity contribution >= 4 is 5.91 Å². The van der Waals surface area contributed by atoms with Gasteiger partial charge in [0.05, 0.1) is 0 Å². The summed E-state index contributed by atoms with van der Waals surface area (Å²) in [6.07, 6.45) is 9.00. The summed E-state index contributed by atoms with van der Waals surface area (Å²) < 4.78 is 0. The van der Waals surface area contributed by atoms with Gasteiger partial charge in [0.1, 0.15) is 0 Å². The molecule has 2 N–H and O–H groups in total. The van der Waals surface area contributed by atoms with E-state index in [4.69, 9.17) is 0 Å². The molecule has 21 heavy (non-hydrogen) atoms. The van der Waals surface area contributed by atoms with Crippen LogP contribution < -0.4 is 10.6 Å². The lowest BCUT2D eigenvalue weighted by Crippen LogP contribution is -2.27. The number of benzene rings is 1. The lowest BCUT2D eigenvalue weighted by molar-refractivity contribution is 0.0953. The topological polar surface area (TPSA) is 41.1 Å². The summed E-state index contributed by atoms with van der Waals surface area (Å²) in [7, 11) is 0. The van der Waals surface area contributed by atoms with E-state index in [-0.39, 0.29) is 5.91 Å². The highest BCUT2D eigenvalue weighted by Crippen LogP contribution is 2.04. The Morgan fingerprint density at radius 1 is 0.857 bits per heavy atom. The molecule has 0 saturated heterocycles. The van der Waals surface area contributed by atoms with Gasteiger partial charge in [0.2, 0.25) is 0 Å². The van der Waals surface area contributed by atoms with Crippen molar-refractivity contribution in [3.05, 3.63) is 35.9 Å². The molecule has 0 saturated carbocycles. The summed E-state index contributed by atoms with van der Waals surface area (Å²) in [6.45, 7) is 5.05. The second kappa shape index (κ2) is 12.4. The van der Waals surface area contributed by atoms with E-state index in [1.54, 1.807) is 0 Å². The maximum absolute atomic E-state index is 11.8. The monoisotopic (exact) mass is 290 g/mol. The Morgan fingerprint density at radius 2 is 1.52 bits per heavy atom. The van der Waals surface area contributed by atoms with Gasteiger partial charge in [-0.1, -0.05) is 57.2 Å². The first-order valence-corrected chi connectivity index (χ1v) is 8.38. The van der Waals surface area contributed by atoms with E-state index in [0.717, 1.165) is 31.6 Å². The molecule has 0 aliphatic carbocycles. The Balaban J connectivity index is 1.88. The number of rotatable bonds is 12. The molecular weight excluding hydrogens is 260 g/mol. The predicted molar refractivity (Wildman–Crippen MR) is 89.6 cm³/mol. The van der Waals surface area contributed by atoms with E-state index in [2.05, 4.69) is 17.6 Å². The van der Waals surface area contributed by atoms with Gasteiger partial charge in [-0.15, -0.1) is 0 Å². The Bertz CT molecular complexity index is 365. The van der Waals surface area contributed by atoms with Crippen LogP contribution in [0.4, 0.5) is 0 Å². The van der Waals surface area contributed by atoms with Gasteiger partial charge >= 0.3 is 0 Å². The molecule has 3 heteroatoms. The maximum atomic E-state index is 11.8. The average Bonchev–Trinajstić information content (AvgIpc) is 2.53. The molecule has 0 heterocycles. The van der Waals surface area contributed by atoms with Crippen LogP contribution in [0.1, 0.15) is 62.2 Å². The third-order valence-electron chi connectivity index (χ3n) is 3.56. The zero-order valence-electron chi connectivity index (χ0n) is 13.4. The largest absolute Gasteiger partial charge is 0.352 e. The predicted octanol–water partition coefficient (Wildman–Crippen LogP) is 3.76. The molecule has 0 spiro atoms. The third-order valence-corrected chi connectivity index (χ3v) is 3.56. The highest BCUT2D eigenvalue weighted by atomic mass is 16.1. The molecule has 118 valence electrons. The van der Waals surface area contributed by atoms with Gasteiger partial charge in [0.25, 0.3) is 5.91 Å². The fourth-order valence-electron chi connectivity index (χ4n) is 2.26. The minimum Gasteiger partial charge on any atom is -0.352 e. The molecule has 1 rings (SSSR count). The first-order valence-electron chi connectivity index (χ1n) is 8.38. The molecule has 0 aliphatic rings. The van der Waals surface area contributed by atoms with Crippen LogP contribution in [-0.4, -0.2) is 25.5 Å². The number of hydrogen-bond donors (Lipinski definition) is 2. The summed E-state index contributed by atoms with van der Waals surface area (Å²) in [5.41, 5.74) is 0.734. The van der Waals surface area contributed by atoms with Gasteiger partial charge in [0, 0.05) is 12.1 Å². The standard InChI is InChI=1S/C18H30N2O/c1-2-3-4-5-6-10-14-19-15-11-16-20-18(21)17-12-8-7-9-13-17/h7-9,12-13,19H,2-6,10-11,14-16H2,1H3,(H,20,21). The van der Waals surface area contributed by atoms with Gasteiger partial charge in [-0.2, -0.15) is 0 Å². The highest BCUT2D eigenvalue weighted by molar-refractivity contribution is 5.94. The van der Waals surface area contributed by atoms with Crippen molar-refractivity contribution in [2.24, 2.45) is 0 Å². The van der Waals surface area contributed by atoms with E-state index in [0.29, 0.717) is 0 Å². The normalized spacial score (nSPS) is 10.5. The molecule has 3 nitrogen and oxygen atoms in total. The van der Waals surface area contributed by atoms with Crippen LogP contribution in [0.25, 0.3) is 0 Å². The van der Waals surface area contributed by atoms with Gasteiger partial charge in [-0.05, 0) is 38.1 Å². The fraction of sp³-hybridized carbons (Fsp3) is 0.611. The van der Waals surface area contributed by atoms with Crippen LogP contribution >= 0.6 is 0 Å². The summed E-state index contributed by atoms with van der Waals surface area (Å²) in [5.74, 6) is 0.0199. The number of carbonyl (C=O) groups excluding carboxylic acids is 1. The van der Waals surface area contributed by atoms with Crippen LogP contribution in [0.3, 0.4) is 0 Å². The van der Waals surface area contributed by atoms with Crippen molar-refractivity contribution < 1.29 is 4.79 Å². The fourth-order valence-corrected chi connectivity index (χ4v) is 2.26. The first-order chi connectivity index (χ1) is 10.3. The van der Waals surface area contributed by atoms with Crippen molar-refractivity contribution in [2.45, 2.75) is 51.9 Å². The number of carbonyl (C=O) groups is 1. The Hall–Kier alpha value is -1.35. The number of nitrogens with one attached hydrogen (secondary N) is 2. The molecule has 1 amide bonds. The summed E-state index contributed by atoms with van der Waals surface area (Å²) in [6, 6.07) is 9.37. The minimum absolute atomic E-state index is 0.0199.